The Morgan fingerprint density at radius 3 is 2.44 bits per heavy atom. The van der Waals surface area contributed by atoms with Crippen LogP contribution < -0.4 is 10.7 Å². The molecule has 3 aromatic rings. The number of amides is 1. The fourth-order valence-corrected chi connectivity index (χ4v) is 4.04. The van der Waals surface area contributed by atoms with Crippen LogP contribution in [0.15, 0.2) is 63.8 Å². The highest BCUT2D eigenvalue weighted by Gasteiger charge is 2.25. The van der Waals surface area contributed by atoms with Crippen LogP contribution in [0.25, 0.3) is 11.0 Å². The van der Waals surface area contributed by atoms with Crippen molar-refractivity contribution < 1.29 is 13.9 Å². The monoisotopic (exact) mass is 434 g/mol. The lowest BCUT2D eigenvalue weighted by Crippen LogP contribution is -2.43. The molecule has 0 bridgehead atoms. The minimum Gasteiger partial charge on any atom is -0.451 e. The first-order valence-electron chi connectivity index (χ1n) is 11.1. The lowest BCUT2D eigenvalue weighted by molar-refractivity contribution is 0.0161. The molecule has 2 aromatic carbocycles. The zero-order chi connectivity index (χ0) is 22.7. The van der Waals surface area contributed by atoms with Crippen LogP contribution in [0.3, 0.4) is 0 Å². The first kappa shape index (κ1) is 22.2. The zero-order valence-electron chi connectivity index (χ0n) is 18.9. The van der Waals surface area contributed by atoms with Gasteiger partial charge in [-0.05, 0) is 28.7 Å². The molecule has 1 atom stereocenters. The summed E-state index contributed by atoms with van der Waals surface area (Å²) >= 11 is 0. The minimum atomic E-state index is -0.391. The molecule has 1 fully saturated rings. The number of hydrogen-bond donors (Lipinski definition) is 1. The molecular weight excluding hydrogens is 404 g/mol. The van der Waals surface area contributed by atoms with E-state index in [4.69, 9.17) is 9.15 Å². The summed E-state index contributed by atoms with van der Waals surface area (Å²) in [5.74, 6) is -0.366. The van der Waals surface area contributed by atoms with Gasteiger partial charge in [0.2, 0.25) is 0 Å². The lowest BCUT2D eigenvalue weighted by atomic mass is 9.86. The standard InChI is InChI=1S/C26H30N2O4/c1-26(2,3)19-10-8-18(9-11-19)21(28-12-14-31-15-13-28)17-27-25(30)24-16-22(29)20-6-4-5-7-23(20)32-24/h4-11,16,21H,12-15,17H2,1-3H3,(H,27,30)/t21-/m1/s1. The van der Waals surface area contributed by atoms with Crippen molar-refractivity contribution in [3.8, 4) is 0 Å². The van der Waals surface area contributed by atoms with E-state index in [0.717, 1.165) is 18.7 Å². The van der Waals surface area contributed by atoms with E-state index in [1.807, 2.05) is 0 Å². The molecule has 0 spiro atoms. The van der Waals surface area contributed by atoms with Crippen molar-refractivity contribution in [3.05, 3.63) is 81.7 Å². The normalized spacial score (nSPS) is 16.1. The van der Waals surface area contributed by atoms with E-state index in [0.29, 0.717) is 30.7 Å². The first-order valence-corrected chi connectivity index (χ1v) is 11.1. The molecule has 1 N–H and O–H groups in total. The second kappa shape index (κ2) is 9.27. The van der Waals surface area contributed by atoms with Gasteiger partial charge in [-0.15, -0.1) is 0 Å². The largest absolute Gasteiger partial charge is 0.451 e. The van der Waals surface area contributed by atoms with E-state index in [-0.39, 0.29) is 22.6 Å². The smallest absolute Gasteiger partial charge is 0.287 e. The number of carbonyl (C=O) groups is 1. The number of para-hydroxylation sites is 1. The molecule has 0 aliphatic carbocycles. The van der Waals surface area contributed by atoms with Gasteiger partial charge in [0.1, 0.15) is 5.58 Å². The molecule has 4 rings (SSSR count). The van der Waals surface area contributed by atoms with Crippen molar-refractivity contribution in [3.63, 3.8) is 0 Å². The van der Waals surface area contributed by atoms with Gasteiger partial charge >= 0.3 is 0 Å². The average Bonchev–Trinajstić information content (AvgIpc) is 2.79. The van der Waals surface area contributed by atoms with Crippen LogP contribution in [0.5, 0.6) is 0 Å². The Morgan fingerprint density at radius 1 is 1.06 bits per heavy atom. The number of rotatable bonds is 5. The Labute approximate surface area is 188 Å². The van der Waals surface area contributed by atoms with Gasteiger partial charge in [0.25, 0.3) is 5.91 Å². The number of nitrogens with zero attached hydrogens (tertiary/aromatic N) is 1. The van der Waals surface area contributed by atoms with Gasteiger partial charge in [-0.25, -0.2) is 0 Å². The number of benzene rings is 2. The summed E-state index contributed by atoms with van der Waals surface area (Å²) in [5, 5.41) is 3.44. The van der Waals surface area contributed by atoms with Crippen LogP contribution >= 0.6 is 0 Å². The highest BCUT2D eigenvalue weighted by atomic mass is 16.5. The molecule has 1 aromatic heterocycles. The maximum Gasteiger partial charge on any atom is 0.287 e. The van der Waals surface area contributed by atoms with Gasteiger partial charge in [0.05, 0.1) is 24.6 Å². The Kier molecular flexibility index (Phi) is 6.44. The fraction of sp³-hybridized carbons (Fsp3) is 0.385. The quantitative estimate of drug-likeness (QED) is 0.660. The van der Waals surface area contributed by atoms with Gasteiger partial charge in [0, 0.05) is 25.7 Å². The predicted octanol–water partition coefficient (Wildman–Crippen LogP) is 3.89. The van der Waals surface area contributed by atoms with E-state index in [2.05, 4.69) is 55.3 Å². The molecule has 168 valence electrons. The third-order valence-electron chi connectivity index (χ3n) is 5.96. The molecule has 1 saturated heterocycles. The molecule has 1 amide bonds. The molecule has 32 heavy (non-hydrogen) atoms. The Hall–Kier alpha value is -2.96. The van der Waals surface area contributed by atoms with Crippen molar-refractivity contribution in [2.45, 2.75) is 32.2 Å². The van der Waals surface area contributed by atoms with Crippen molar-refractivity contribution in [1.82, 2.24) is 10.2 Å². The van der Waals surface area contributed by atoms with E-state index in [1.165, 1.54) is 11.6 Å². The molecule has 0 saturated carbocycles. The molecular formula is C26H30N2O4. The number of nitrogens with one attached hydrogen (secondary N) is 1. The Bertz CT molecular complexity index is 1140. The SMILES string of the molecule is CC(C)(C)c1ccc([C@@H](CNC(=O)c2cc(=O)c3ccccc3o2)N2CCOCC2)cc1. The van der Waals surface area contributed by atoms with Crippen molar-refractivity contribution >= 4 is 16.9 Å². The number of carbonyl (C=O) groups excluding carboxylic acids is 1. The fourth-order valence-electron chi connectivity index (χ4n) is 4.04. The molecule has 0 radical (unpaired) electrons. The number of fused-ring (bicyclic) bond motifs is 1. The Morgan fingerprint density at radius 2 is 1.75 bits per heavy atom. The van der Waals surface area contributed by atoms with Gasteiger partial charge in [-0.3, -0.25) is 14.5 Å². The highest BCUT2D eigenvalue weighted by Crippen LogP contribution is 2.26. The van der Waals surface area contributed by atoms with Crippen LogP contribution in [-0.2, 0) is 10.2 Å². The minimum absolute atomic E-state index is 0.00375. The van der Waals surface area contributed by atoms with Crippen molar-refractivity contribution in [2.75, 3.05) is 32.8 Å². The van der Waals surface area contributed by atoms with E-state index >= 15 is 0 Å². The third-order valence-corrected chi connectivity index (χ3v) is 5.96. The van der Waals surface area contributed by atoms with Gasteiger partial charge in [-0.2, -0.15) is 0 Å². The Balaban J connectivity index is 1.55. The summed E-state index contributed by atoms with van der Waals surface area (Å²) in [6.07, 6.45) is 0. The van der Waals surface area contributed by atoms with Crippen LogP contribution in [0.4, 0.5) is 0 Å². The number of morpholine rings is 1. The summed E-state index contributed by atoms with van der Waals surface area (Å²) in [6.45, 7) is 9.93. The molecule has 6 heteroatoms. The zero-order valence-corrected chi connectivity index (χ0v) is 18.9. The molecule has 6 nitrogen and oxygen atoms in total. The highest BCUT2D eigenvalue weighted by molar-refractivity contribution is 5.93. The second-order valence-corrected chi connectivity index (χ2v) is 9.22. The van der Waals surface area contributed by atoms with E-state index < -0.39 is 5.91 Å². The topological polar surface area (TPSA) is 71.8 Å². The predicted molar refractivity (Wildman–Crippen MR) is 125 cm³/mol. The van der Waals surface area contributed by atoms with Gasteiger partial charge in [-0.1, -0.05) is 57.2 Å². The third kappa shape index (κ3) is 4.92. The second-order valence-electron chi connectivity index (χ2n) is 9.22. The lowest BCUT2D eigenvalue weighted by Gasteiger charge is -2.35. The average molecular weight is 435 g/mol. The molecule has 1 aliphatic rings. The first-order chi connectivity index (χ1) is 15.3. The summed E-state index contributed by atoms with van der Waals surface area (Å²) in [5.41, 5.74) is 2.67. The van der Waals surface area contributed by atoms with Crippen LogP contribution in [0, 0.1) is 0 Å². The van der Waals surface area contributed by atoms with Gasteiger partial charge in [0.15, 0.2) is 11.2 Å². The summed E-state index contributed by atoms with van der Waals surface area (Å²) < 4.78 is 11.2. The molecule has 2 heterocycles. The van der Waals surface area contributed by atoms with Crippen LogP contribution in [0.2, 0.25) is 0 Å². The summed E-state index contributed by atoms with van der Waals surface area (Å²) in [7, 11) is 0. The maximum atomic E-state index is 12.9. The summed E-state index contributed by atoms with van der Waals surface area (Å²) in [4.78, 5) is 27.5. The van der Waals surface area contributed by atoms with Crippen molar-refractivity contribution in [2.24, 2.45) is 0 Å². The number of hydrogen-bond acceptors (Lipinski definition) is 5. The van der Waals surface area contributed by atoms with Crippen LogP contribution in [-0.4, -0.2) is 43.7 Å². The summed E-state index contributed by atoms with van der Waals surface area (Å²) in [6, 6.07) is 16.8. The molecule has 1 aliphatic heterocycles. The van der Waals surface area contributed by atoms with Gasteiger partial charge < -0.3 is 14.5 Å². The molecule has 0 unspecified atom stereocenters. The van der Waals surface area contributed by atoms with Crippen molar-refractivity contribution in [1.29, 1.82) is 0 Å². The van der Waals surface area contributed by atoms with E-state index in [1.54, 1.807) is 24.3 Å². The van der Waals surface area contributed by atoms with Crippen LogP contribution in [0.1, 0.15) is 48.5 Å². The maximum absolute atomic E-state index is 12.9. The van der Waals surface area contributed by atoms with E-state index in [9.17, 15) is 9.59 Å². The number of ether oxygens (including phenoxy) is 1.